The minimum Gasteiger partial charge on any atom is -0.480 e. The summed E-state index contributed by atoms with van der Waals surface area (Å²) in [5, 5.41) is 3.98. The molecule has 0 aliphatic carbocycles. The Labute approximate surface area is 138 Å². The third-order valence-electron chi connectivity index (χ3n) is 4.26. The van der Waals surface area contributed by atoms with Crippen LogP contribution < -0.4 is 10.1 Å². The Balaban J connectivity index is 1.52. The van der Waals surface area contributed by atoms with Gasteiger partial charge in [0.05, 0.1) is 4.70 Å². The van der Waals surface area contributed by atoms with Gasteiger partial charge in [0, 0.05) is 23.7 Å². The Morgan fingerprint density at radius 3 is 2.96 bits per heavy atom. The summed E-state index contributed by atoms with van der Waals surface area (Å²) in [7, 11) is 0. The van der Waals surface area contributed by atoms with Crippen LogP contribution in [0.25, 0.3) is 10.1 Å². The van der Waals surface area contributed by atoms with Gasteiger partial charge in [0.1, 0.15) is 5.75 Å². The first-order valence-corrected chi connectivity index (χ1v) is 8.29. The molecule has 1 N–H and O–H groups in total. The van der Waals surface area contributed by atoms with Crippen molar-refractivity contribution in [2.75, 3.05) is 5.32 Å². The molecule has 4 rings (SSSR count). The second kappa shape index (κ2) is 5.35. The van der Waals surface area contributed by atoms with Crippen LogP contribution in [0.4, 0.5) is 5.69 Å². The Kier molecular flexibility index (Phi) is 3.31. The van der Waals surface area contributed by atoms with Crippen LogP contribution in [0.5, 0.6) is 5.75 Å². The molecule has 0 radical (unpaired) electrons. The van der Waals surface area contributed by atoms with Crippen molar-refractivity contribution in [3.05, 3.63) is 53.2 Å². The summed E-state index contributed by atoms with van der Waals surface area (Å²) in [6.45, 7) is 4.13. The van der Waals surface area contributed by atoms with Gasteiger partial charge in [-0.05, 0) is 66.3 Å². The minimum atomic E-state index is -0.470. The van der Waals surface area contributed by atoms with Crippen LogP contribution in [0.2, 0.25) is 0 Å². The van der Waals surface area contributed by atoms with Crippen LogP contribution in [0, 0.1) is 13.8 Å². The molecule has 23 heavy (non-hydrogen) atoms. The maximum absolute atomic E-state index is 12.5. The topological polar surface area (TPSA) is 51.2 Å². The van der Waals surface area contributed by atoms with E-state index < -0.39 is 6.10 Å². The fourth-order valence-corrected chi connectivity index (χ4v) is 3.46. The van der Waals surface area contributed by atoms with Crippen LogP contribution in [0.1, 0.15) is 16.7 Å². The van der Waals surface area contributed by atoms with Crippen molar-refractivity contribution in [2.45, 2.75) is 26.4 Å². The van der Waals surface area contributed by atoms with Crippen molar-refractivity contribution in [1.82, 2.24) is 4.37 Å². The number of aryl methyl sites for hydroxylation is 2. The van der Waals surface area contributed by atoms with Crippen molar-refractivity contribution in [2.24, 2.45) is 0 Å². The molecule has 0 spiro atoms. The Morgan fingerprint density at radius 2 is 2.09 bits per heavy atom. The smallest absolute Gasteiger partial charge is 0.265 e. The third-order valence-corrected chi connectivity index (χ3v) is 5.04. The van der Waals surface area contributed by atoms with Gasteiger partial charge in [-0.3, -0.25) is 4.79 Å². The number of amides is 1. The fraction of sp³-hybridized carbons (Fsp3) is 0.222. The maximum Gasteiger partial charge on any atom is 0.265 e. The number of benzene rings is 2. The van der Waals surface area contributed by atoms with E-state index in [0.29, 0.717) is 6.42 Å². The highest BCUT2D eigenvalue weighted by Crippen LogP contribution is 2.32. The second-order valence-electron chi connectivity index (χ2n) is 5.92. The van der Waals surface area contributed by atoms with E-state index in [2.05, 4.69) is 29.6 Å². The number of carbonyl (C=O) groups is 1. The molecule has 0 fully saturated rings. The molecule has 0 saturated carbocycles. The van der Waals surface area contributed by atoms with E-state index >= 15 is 0 Å². The lowest BCUT2D eigenvalue weighted by Crippen LogP contribution is -2.31. The number of ether oxygens (including phenoxy) is 1. The third kappa shape index (κ3) is 2.57. The van der Waals surface area contributed by atoms with Crippen molar-refractivity contribution >= 4 is 33.2 Å². The molecule has 1 atom stereocenters. The molecule has 0 saturated heterocycles. The number of fused-ring (bicyclic) bond motifs is 2. The van der Waals surface area contributed by atoms with Crippen LogP contribution in [-0.2, 0) is 11.2 Å². The van der Waals surface area contributed by atoms with E-state index in [4.69, 9.17) is 4.74 Å². The summed E-state index contributed by atoms with van der Waals surface area (Å²) in [6.07, 6.45) is 1.95. The zero-order valence-electron chi connectivity index (χ0n) is 12.9. The fourth-order valence-electron chi connectivity index (χ4n) is 2.83. The summed E-state index contributed by atoms with van der Waals surface area (Å²) in [6, 6.07) is 9.93. The molecule has 4 nitrogen and oxygen atoms in total. The van der Waals surface area contributed by atoms with Gasteiger partial charge >= 0.3 is 0 Å². The van der Waals surface area contributed by atoms with E-state index in [1.807, 2.05) is 30.5 Å². The van der Waals surface area contributed by atoms with Crippen LogP contribution in [0.15, 0.2) is 36.5 Å². The summed E-state index contributed by atoms with van der Waals surface area (Å²) in [5.41, 5.74) is 4.28. The molecule has 3 aromatic rings. The molecule has 0 bridgehead atoms. The van der Waals surface area contributed by atoms with E-state index in [-0.39, 0.29) is 5.91 Å². The van der Waals surface area contributed by atoms with Crippen LogP contribution in [-0.4, -0.2) is 16.4 Å². The highest BCUT2D eigenvalue weighted by Gasteiger charge is 2.29. The molecule has 1 aliphatic heterocycles. The first-order chi connectivity index (χ1) is 11.1. The van der Waals surface area contributed by atoms with Gasteiger partial charge in [0.2, 0.25) is 0 Å². The first-order valence-electron chi connectivity index (χ1n) is 7.52. The summed E-state index contributed by atoms with van der Waals surface area (Å²) >= 11 is 1.45. The number of nitrogens with one attached hydrogen (secondary N) is 1. The molecule has 2 heterocycles. The quantitative estimate of drug-likeness (QED) is 0.779. The van der Waals surface area contributed by atoms with Crippen molar-refractivity contribution < 1.29 is 9.53 Å². The number of aromatic nitrogens is 1. The number of nitrogens with zero attached hydrogens (tertiary/aromatic N) is 1. The Bertz CT molecular complexity index is 886. The number of hydrogen-bond donors (Lipinski definition) is 1. The van der Waals surface area contributed by atoms with Gasteiger partial charge in [-0.2, -0.15) is 4.37 Å². The van der Waals surface area contributed by atoms with Gasteiger partial charge in [0.15, 0.2) is 6.10 Å². The minimum absolute atomic E-state index is 0.112. The van der Waals surface area contributed by atoms with Gasteiger partial charge < -0.3 is 10.1 Å². The average molecular weight is 324 g/mol. The van der Waals surface area contributed by atoms with Crippen LogP contribution in [0.3, 0.4) is 0 Å². The largest absolute Gasteiger partial charge is 0.480 e. The van der Waals surface area contributed by atoms with Crippen molar-refractivity contribution in [3.8, 4) is 5.75 Å². The average Bonchev–Trinajstić information content (AvgIpc) is 3.13. The van der Waals surface area contributed by atoms with Crippen molar-refractivity contribution in [3.63, 3.8) is 0 Å². The van der Waals surface area contributed by atoms with E-state index in [1.165, 1.54) is 22.7 Å². The lowest BCUT2D eigenvalue weighted by Gasteiger charge is -2.11. The van der Waals surface area contributed by atoms with E-state index in [1.54, 1.807) is 0 Å². The first kappa shape index (κ1) is 14.2. The molecule has 5 heteroatoms. The summed E-state index contributed by atoms with van der Waals surface area (Å²) < 4.78 is 11.1. The maximum atomic E-state index is 12.5. The normalized spacial score (nSPS) is 16.2. The molecular formula is C18H16N2O2S. The standard InChI is InChI=1S/C18H16N2O2S/c1-10-5-12-8-16(22-15(12)6-11(10)2)18(21)20-14-3-4-17-13(7-14)9-19-23-17/h3-7,9,16H,8H2,1-2H3,(H,20,21). The molecular weight excluding hydrogens is 308 g/mol. The predicted octanol–water partition coefficient (Wildman–Crippen LogP) is 3.86. The Morgan fingerprint density at radius 1 is 1.26 bits per heavy atom. The van der Waals surface area contributed by atoms with Gasteiger partial charge in [0.25, 0.3) is 5.91 Å². The lowest BCUT2D eigenvalue weighted by atomic mass is 10.0. The number of anilines is 1. The molecule has 1 aliphatic rings. The van der Waals surface area contributed by atoms with Gasteiger partial charge in [-0.25, -0.2) is 0 Å². The second-order valence-corrected chi connectivity index (χ2v) is 6.76. The van der Waals surface area contributed by atoms with E-state index in [9.17, 15) is 4.79 Å². The number of hydrogen-bond acceptors (Lipinski definition) is 4. The zero-order valence-corrected chi connectivity index (χ0v) is 13.7. The van der Waals surface area contributed by atoms with Gasteiger partial charge in [-0.1, -0.05) is 6.07 Å². The van der Waals surface area contributed by atoms with Crippen LogP contribution >= 0.6 is 11.5 Å². The summed E-state index contributed by atoms with van der Waals surface area (Å²) in [4.78, 5) is 12.5. The molecule has 116 valence electrons. The van der Waals surface area contributed by atoms with Gasteiger partial charge in [-0.15, -0.1) is 0 Å². The van der Waals surface area contributed by atoms with Crippen molar-refractivity contribution in [1.29, 1.82) is 0 Å². The zero-order chi connectivity index (χ0) is 16.0. The SMILES string of the molecule is Cc1cc2c(cc1C)OC(C(=O)Nc1ccc3sncc3c1)C2. The number of rotatable bonds is 2. The molecule has 1 amide bonds. The predicted molar refractivity (Wildman–Crippen MR) is 92.3 cm³/mol. The van der Waals surface area contributed by atoms with E-state index in [0.717, 1.165) is 27.1 Å². The monoisotopic (exact) mass is 324 g/mol. The molecule has 1 aromatic heterocycles. The highest BCUT2D eigenvalue weighted by atomic mass is 32.1. The number of carbonyl (C=O) groups excluding carboxylic acids is 1. The molecule has 1 unspecified atom stereocenters. The lowest BCUT2D eigenvalue weighted by molar-refractivity contribution is -0.122. The molecule has 2 aromatic carbocycles. The Hall–Kier alpha value is -2.40. The summed E-state index contributed by atoms with van der Waals surface area (Å²) in [5.74, 6) is 0.713. The highest BCUT2D eigenvalue weighted by molar-refractivity contribution is 7.13.